The molecule has 0 aliphatic heterocycles. The summed E-state index contributed by atoms with van der Waals surface area (Å²) >= 11 is 8.71. The molecule has 0 spiro atoms. The van der Waals surface area contributed by atoms with E-state index in [-0.39, 0.29) is 0 Å². The number of halogens is 2. The first-order valence-electron chi connectivity index (χ1n) is 6.04. The van der Waals surface area contributed by atoms with Gasteiger partial charge in [-0.1, -0.05) is 22.0 Å². The molecule has 0 radical (unpaired) electrons. The van der Waals surface area contributed by atoms with E-state index in [9.17, 15) is 0 Å². The predicted molar refractivity (Wildman–Crippen MR) is 91.0 cm³/mol. The van der Waals surface area contributed by atoms with Gasteiger partial charge in [0.15, 0.2) is 0 Å². The highest BCUT2D eigenvalue weighted by atomic mass is 79.9. The van der Waals surface area contributed by atoms with Crippen LogP contribution in [0.1, 0.15) is 5.56 Å². The van der Waals surface area contributed by atoms with E-state index >= 15 is 0 Å². The van der Waals surface area contributed by atoms with E-state index in [1.807, 2.05) is 12.1 Å². The number of hydrogen-bond donors (Lipinski definition) is 1. The molecule has 0 amide bonds. The number of benzene rings is 1. The van der Waals surface area contributed by atoms with Crippen molar-refractivity contribution in [2.75, 3.05) is 25.5 Å². The molecule has 1 aromatic carbocycles. The van der Waals surface area contributed by atoms with Crippen molar-refractivity contribution in [2.45, 2.75) is 6.54 Å². The SMILES string of the molecule is CN(CCNc1cccc(Br)c1)Cc1csc(Br)c1. The molecule has 0 unspecified atom stereocenters. The van der Waals surface area contributed by atoms with Crippen molar-refractivity contribution in [1.82, 2.24) is 4.90 Å². The van der Waals surface area contributed by atoms with Crippen LogP contribution < -0.4 is 5.32 Å². The molecular weight excluding hydrogens is 388 g/mol. The van der Waals surface area contributed by atoms with Crippen molar-refractivity contribution in [3.8, 4) is 0 Å². The van der Waals surface area contributed by atoms with Gasteiger partial charge in [-0.25, -0.2) is 0 Å². The molecule has 0 aliphatic rings. The lowest BCUT2D eigenvalue weighted by molar-refractivity contribution is 0.340. The second-order valence-electron chi connectivity index (χ2n) is 4.43. The van der Waals surface area contributed by atoms with Crippen LogP contribution in [-0.2, 0) is 6.54 Å². The van der Waals surface area contributed by atoms with Crippen LogP contribution in [0.4, 0.5) is 5.69 Å². The zero-order chi connectivity index (χ0) is 13.7. The van der Waals surface area contributed by atoms with E-state index in [1.165, 1.54) is 9.35 Å². The van der Waals surface area contributed by atoms with Gasteiger partial charge in [-0.15, -0.1) is 11.3 Å². The summed E-state index contributed by atoms with van der Waals surface area (Å²) in [4.78, 5) is 2.32. The first-order valence-corrected chi connectivity index (χ1v) is 8.51. The molecule has 1 heterocycles. The van der Waals surface area contributed by atoms with Gasteiger partial charge in [0.1, 0.15) is 0 Å². The van der Waals surface area contributed by atoms with Crippen molar-refractivity contribution in [3.05, 3.63) is 49.5 Å². The normalized spacial score (nSPS) is 10.9. The number of nitrogens with one attached hydrogen (secondary N) is 1. The quantitative estimate of drug-likeness (QED) is 0.743. The van der Waals surface area contributed by atoms with Crippen molar-refractivity contribution >= 4 is 48.9 Å². The first-order chi connectivity index (χ1) is 9.13. The number of anilines is 1. The predicted octanol–water partition coefficient (Wildman–Crippen LogP) is 4.82. The molecule has 0 aliphatic carbocycles. The lowest BCUT2D eigenvalue weighted by atomic mass is 10.3. The van der Waals surface area contributed by atoms with E-state index in [0.29, 0.717) is 0 Å². The Bertz CT molecular complexity index is 528. The molecule has 2 aromatic rings. The molecule has 0 fully saturated rings. The molecular formula is C14H16Br2N2S. The Morgan fingerprint density at radius 1 is 1.26 bits per heavy atom. The van der Waals surface area contributed by atoms with Crippen molar-refractivity contribution < 1.29 is 0 Å². The summed E-state index contributed by atoms with van der Waals surface area (Å²) < 4.78 is 2.30. The van der Waals surface area contributed by atoms with Crippen LogP contribution in [0.15, 0.2) is 44.0 Å². The lowest BCUT2D eigenvalue weighted by Crippen LogP contribution is -2.24. The minimum Gasteiger partial charge on any atom is -0.384 e. The third-order valence-corrected chi connectivity index (χ3v) is 4.77. The van der Waals surface area contributed by atoms with Gasteiger partial charge in [0.05, 0.1) is 3.79 Å². The maximum atomic E-state index is 3.50. The summed E-state index contributed by atoms with van der Waals surface area (Å²) in [5, 5.41) is 5.63. The average molecular weight is 404 g/mol. The van der Waals surface area contributed by atoms with E-state index in [4.69, 9.17) is 0 Å². The summed E-state index contributed by atoms with van der Waals surface area (Å²) in [6.07, 6.45) is 0. The largest absolute Gasteiger partial charge is 0.384 e. The average Bonchev–Trinajstić information content (AvgIpc) is 2.75. The van der Waals surface area contributed by atoms with Crippen LogP contribution in [-0.4, -0.2) is 25.0 Å². The summed E-state index contributed by atoms with van der Waals surface area (Å²) in [7, 11) is 2.15. The molecule has 0 saturated carbocycles. The van der Waals surface area contributed by atoms with E-state index < -0.39 is 0 Å². The van der Waals surface area contributed by atoms with Crippen LogP contribution in [0, 0.1) is 0 Å². The zero-order valence-corrected chi connectivity index (χ0v) is 14.7. The van der Waals surface area contributed by atoms with Gasteiger partial charge in [0, 0.05) is 29.8 Å². The van der Waals surface area contributed by atoms with Gasteiger partial charge in [0.2, 0.25) is 0 Å². The van der Waals surface area contributed by atoms with Crippen molar-refractivity contribution in [3.63, 3.8) is 0 Å². The molecule has 19 heavy (non-hydrogen) atoms. The Labute approximate surface area is 135 Å². The van der Waals surface area contributed by atoms with Gasteiger partial charge in [-0.2, -0.15) is 0 Å². The van der Waals surface area contributed by atoms with Crippen molar-refractivity contribution in [2.24, 2.45) is 0 Å². The molecule has 1 aromatic heterocycles. The second kappa shape index (κ2) is 7.43. The van der Waals surface area contributed by atoms with Gasteiger partial charge in [-0.3, -0.25) is 0 Å². The lowest BCUT2D eigenvalue weighted by Gasteiger charge is -2.16. The van der Waals surface area contributed by atoms with Crippen LogP contribution in [0.3, 0.4) is 0 Å². The molecule has 102 valence electrons. The van der Waals surface area contributed by atoms with Gasteiger partial charge >= 0.3 is 0 Å². The maximum Gasteiger partial charge on any atom is 0.0701 e. The van der Waals surface area contributed by atoms with E-state index in [0.717, 1.165) is 29.8 Å². The fraction of sp³-hybridized carbons (Fsp3) is 0.286. The Balaban J connectivity index is 1.73. The fourth-order valence-electron chi connectivity index (χ4n) is 1.81. The number of nitrogens with zero attached hydrogens (tertiary/aromatic N) is 1. The standard InChI is InChI=1S/C14H16Br2N2S/c1-18(9-11-7-14(16)19-10-11)6-5-17-13-4-2-3-12(15)8-13/h2-4,7-8,10,17H,5-6,9H2,1H3. The smallest absolute Gasteiger partial charge is 0.0701 e. The van der Waals surface area contributed by atoms with Crippen LogP contribution in [0.5, 0.6) is 0 Å². The van der Waals surface area contributed by atoms with Gasteiger partial charge in [-0.05, 0) is 58.2 Å². The monoisotopic (exact) mass is 402 g/mol. The molecule has 0 atom stereocenters. The highest BCUT2D eigenvalue weighted by molar-refractivity contribution is 9.11. The Morgan fingerprint density at radius 3 is 2.79 bits per heavy atom. The Morgan fingerprint density at radius 2 is 2.11 bits per heavy atom. The molecule has 1 N–H and O–H groups in total. The highest BCUT2D eigenvalue weighted by Gasteiger charge is 2.02. The fourth-order valence-corrected chi connectivity index (χ4v) is 3.41. The molecule has 2 nitrogen and oxygen atoms in total. The molecule has 2 rings (SSSR count). The number of rotatable bonds is 6. The topological polar surface area (TPSA) is 15.3 Å². The number of hydrogen-bond acceptors (Lipinski definition) is 3. The Hall–Kier alpha value is -0.360. The maximum absolute atomic E-state index is 3.50. The van der Waals surface area contributed by atoms with Gasteiger partial charge < -0.3 is 10.2 Å². The van der Waals surface area contributed by atoms with Crippen LogP contribution in [0.2, 0.25) is 0 Å². The number of likely N-dealkylation sites (N-methyl/N-ethyl adjacent to an activating group) is 1. The third kappa shape index (κ3) is 5.26. The van der Waals surface area contributed by atoms with Crippen LogP contribution >= 0.6 is 43.2 Å². The van der Waals surface area contributed by atoms with Crippen LogP contribution in [0.25, 0.3) is 0 Å². The van der Waals surface area contributed by atoms with Gasteiger partial charge in [0.25, 0.3) is 0 Å². The molecule has 0 saturated heterocycles. The number of thiophene rings is 1. The first kappa shape index (κ1) is 15.0. The molecule has 0 bridgehead atoms. The Kier molecular flexibility index (Phi) is 5.88. The zero-order valence-electron chi connectivity index (χ0n) is 10.7. The third-order valence-electron chi connectivity index (χ3n) is 2.72. The highest BCUT2D eigenvalue weighted by Crippen LogP contribution is 2.21. The van der Waals surface area contributed by atoms with E-state index in [1.54, 1.807) is 11.3 Å². The summed E-state index contributed by atoms with van der Waals surface area (Å²) in [5.41, 5.74) is 2.52. The summed E-state index contributed by atoms with van der Waals surface area (Å²) in [5.74, 6) is 0. The van der Waals surface area contributed by atoms with Crippen molar-refractivity contribution in [1.29, 1.82) is 0 Å². The summed E-state index contributed by atoms with van der Waals surface area (Å²) in [6.45, 7) is 2.94. The summed E-state index contributed by atoms with van der Waals surface area (Å²) in [6, 6.07) is 10.4. The second-order valence-corrected chi connectivity index (χ2v) is 7.64. The van der Waals surface area contributed by atoms with E-state index in [2.05, 4.69) is 72.7 Å². The minimum atomic E-state index is 0.943. The molecule has 5 heteroatoms. The minimum absolute atomic E-state index is 0.943.